The quantitative estimate of drug-likeness (QED) is 0.224. The third kappa shape index (κ3) is 3.43. The summed E-state index contributed by atoms with van der Waals surface area (Å²) in [6.45, 7) is 1.89. The Labute approximate surface area is 201 Å². The highest BCUT2D eigenvalue weighted by Crippen LogP contribution is 2.45. The van der Waals surface area contributed by atoms with Gasteiger partial charge >= 0.3 is 0 Å². The van der Waals surface area contributed by atoms with Gasteiger partial charge in [-0.2, -0.15) is 0 Å². The Morgan fingerprint density at radius 1 is 1.03 bits per heavy atom. The molecule has 1 aliphatic rings. The fourth-order valence-corrected chi connectivity index (χ4v) is 4.68. The van der Waals surface area contributed by atoms with Gasteiger partial charge in [-0.15, -0.1) is 0 Å². The van der Waals surface area contributed by atoms with Gasteiger partial charge in [0.1, 0.15) is 11.5 Å². The number of aromatic nitrogens is 1. The van der Waals surface area contributed by atoms with E-state index >= 15 is 0 Å². The van der Waals surface area contributed by atoms with E-state index in [0.717, 1.165) is 22.2 Å². The first-order valence-electron chi connectivity index (χ1n) is 10.7. The molecule has 1 atom stereocenters. The van der Waals surface area contributed by atoms with Crippen LogP contribution in [0.5, 0.6) is 5.75 Å². The Morgan fingerprint density at radius 3 is 2.50 bits per heavy atom. The summed E-state index contributed by atoms with van der Waals surface area (Å²) in [5, 5.41) is 12.7. The van der Waals surface area contributed by atoms with Crippen LogP contribution >= 0.6 is 11.6 Å². The average molecular weight is 473 g/mol. The molecule has 4 aromatic rings. The van der Waals surface area contributed by atoms with Crippen molar-refractivity contribution in [3.8, 4) is 5.75 Å². The lowest BCUT2D eigenvalue weighted by molar-refractivity contribution is -0.132. The maximum absolute atomic E-state index is 13.4. The second-order valence-electron chi connectivity index (χ2n) is 8.09. The molecule has 1 aliphatic heterocycles. The summed E-state index contributed by atoms with van der Waals surface area (Å²) in [6.07, 6.45) is 0. The number of aliphatic hydroxyl groups excluding tert-OH is 1. The van der Waals surface area contributed by atoms with E-state index in [9.17, 15) is 14.7 Å². The standard InChI is InChI=1S/C27H21ClN2O4/c1-15-22(20-8-3-4-9-21(20)29-15)24-23(25(31)16-6-5-7-19(14-16)34-2)26(32)27(33)30(24)18-12-10-17(28)11-13-18/h3-14,24,29,31H,1-2H3/b25-23+. The minimum atomic E-state index is -0.844. The number of Topliss-reactive ketones (excluding diaryl/α,β-unsaturated/α-hetero) is 1. The van der Waals surface area contributed by atoms with Crippen molar-refractivity contribution in [3.63, 3.8) is 0 Å². The summed E-state index contributed by atoms with van der Waals surface area (Å²) in [5.74, 6) is -1.22. The molecule has 1 unspecified atom stereocenters. The van der Waals surface area contributed by atoms with Crippen LogP contribution < -0.4 is 9.64 Å². The summed E-state index contributed by atoms with van der Waals surface area (Å²) in [6, 6.07) is 20.3. The number of ether oxygens (including phenoxy) is 1. The summed E-state index contributed by atoms with van der Waals surface area (Å²) >= 11 is 6.07. The van der Waals surface area contributed by atoms with Crippen LogP contribution in [-0.2, 0) is 9.59 Å². The summed E-state index contributed by atoms with van der Waals surface area (Å²) in [5.41, 5.74) is 3.32. The zero-order valence-electron chi connectivity index (χ0n) is 18.5. The molecule has 0 spiro atoms. The van der Waals surface area contributed by atoms with Crippen molar-refractivity contribution in [2.24, 2.45) is 0 Å². The molecule has 0 radical (unpaired) electrons. The molecule has 1 saturated heterocycles. The van der Waals surface area contributed by atoms with Crippen LogP contribution in [-0.4, -0.2) is 28.9 Å². The molecule has 0 saturated carbocycles. The van der Waals surface area contributed by atoms with Crippen LogP contribution in [0.2, 0.25) is 5.02 Å². The molecule has 170 valence electrons. The summed E-state index contributed by atoms with van der Waals surface area (Å²) in [4.78, 5) is 31.5. The Balaban J connectivity index is 1.81. The van der Waals surface area contributed by atoms with Gasteiger partial charge in [-0.05, 0) is 49.4 Å². The first kappa shape index (κ1) is 21.8. The molecule has 1 aromatic heterocycles. The first-order valence-corrected chi connectivity index (χ1v) is 11.1. The molecule has 0 bridgehead atoms. The number of hydrogen-bond acceptors (Lipinski definition) is 4. The van der Waals surface area contributed by atoms with Crippen molar-refractivity contribution in [2.75, 3.05) is 12.0 Å². The summed E-state index contributed by atoms with van der Waals surface area (Å²) in [7, 11) is 1.52. The second-order valence-corrected chi connectivity index (χ2v) is 8.52. The van der Waals surface area contributed by atoms with E-state index in [1.165, 1.54) is 12.0 Å². The highest BCUT2D eigenvalue weighted by molar-refractivity contribution is 6.52. The number of carbonyl (C=O) groups excluding carboxylic acids is 2. The maximum atomic E-state index is 13.4. The lowest BCUT2D eigenvalue weighted by Crippen LogP contribution is -2.29. The van der Waals surface area contributed by atoms with Gasteiger partial charge in [0.05, 0.1) is 18.7 Å². The zero-order chi connectivity index (χ0) is 24.0. The molecule has 5 rings (SSSR count). The monoisotopic (exact) mass is 472 g/mol. The van der Waals surface area contributed by atoms with Gasteiger partial charge < -0.3 is 14.8 Å². The Hall–Kier alpha value is -4.03. The lowest BCUT2D eigenvalue weighted by atomic mass is 9.93. The number of rotatable bonds is 4. The number of para-hydroxylation sites is 1. The average Bonchev–Trinajstić information content (AvgIpc) is 3.31. The second kappa shape index (κ2) is 8.39. The van der Waals surface area contributed by atoms with E-state index in [0.29, 0.717) is 22.0 Å². The van der Waals surface area contributed by atoms with Gasteiger partial charge in [0.15, 0.2) is 0 Å². The highest BCUT2D eigenvalue weighted by atomic mass is 35.5. The number of halogens is 1. The lowest BCUT2D eigenvalue weighted by Gasteiger charge is -2.26. The van der Waals surface area contributed by atoms with Gasteiger partial charge in [0, 0.05) is 38.4 Å². The van der Waals surface area contributed by atoms with E-state index < -0.39 is 17.7 Å². The van der Waals surface area contributed by atoms with Crippen molar-refractivity contribution in [1.82, 2.24) is 4.98 Å². The number of amides is 1. The number of ketones is 1. The van der Waals surface area contributed by atoms with Crippen LogP contribution in [0.15, 0.2) is 78.4 Å². The Morgan fingerprint density at radius 2 is 1.76 bits per heavy atom. The number of benzene rings is 3. The van der Waals surface area contributed by atoms with Crippen LogP contribution in [0.25, 0.3) is 16.7 Å². The van der Waals surface area contributed by atoms with Crippen molar-refractivity contribution in [3.05, 3.63) is 100 Å². The Kier molecular flexibility index (Phi) is 5.38. The SMILES string of the molecule is COc1cccc(/C(O)=C2\C(=O)C(=O)N(c3ccc(Cl)cc3)C2c2c(C)[nH]c3ccccc23)c1. The van der Waals surface area contributed by atoms with Crippen molar-refractivity contribution in [1.29, 1.82) is 0 Å². The van der Waals surface area contributed by atoms with Crippen molar-refractivity contribution < 1.29 is 19.4 Å². The molecule has 0 aliphatic carbocycles. The van der Waals surface area contributed by atoms with Crippen LogP contribution in [0.3, 0.4) is 0 Å². The summed E-state index contributed by atoms with van der Waals surface area (Å²) < 4.78 is 5.28. The maximum Gasteiger partial charge on any atom is 0.300 e. The molecular formula is C27H21ClN2O4. The number of hydrogen-bond donors (Lipinski definition) is 2. The van der Waals surface area contributed by atoms with Gasteiger partial charge in [-0.3, -0.25) is 14.5 Å². The number of aryl methyl sites for hydroxylation is 1. The molecular weight excluding hydrogens is 452 g/mol. The van der Waals surface area contributed by atoms with Crippen LogP contribution in [0, 0.1) is 6.92 Å². The third-order valence-electron chi connectivity index (χ3n) is 6.11. The minimum absolute atomic E-state index is 0.0149. The van der Waals surface area contributed by atoms with Gasteiger partial charge in [-0.25, -0.2) is 0 Å². The molecule has 6 nitrogen and oxygen atoms in total. The number of fused-ring (bicyclic) bond motifs is 1. The first-order chi connectivity index (χ1) is 16.4. The molecule has 1 amide bonds. The van der Waals surface area contributed by atoms with Gasteiger partial charge in [-0.1, -0.05) is 41.9 Å². The molecule has 34 heavy (non-hydrogen) atoms. The number of H-pyrrole nitrogens is 1. The molecule has 1 fully saturated rings. The largest absolute Gasteiger partial charge is 0.507 e. The molecule has 2 heterocycles. The predicted molar refractivity (Wildman–Crippen MR) is 132 cm³/mol. The van der Waals surface area contributed by atoms with E-state index in [1.54, 1.807) is 48.5 Å². The van der Waals surface area contributed by atoms with E-state index in [2.05, 4.69) is 4.98 Å². The predicted octanol–water partition coefficient (Wildman–Crippen LogP) is 5.76. The fourth-order valence-electron chi connectivity index (χ4n) is 4.55. The van der Waals surface area contributed by atoms with Crippen LogP contribution in [0.4, 0.5) is 5.69 Å². The number of anilines is 1. The third-order valence-corrected chi connectivity index (χ3v) is 6.36. The normalized spacial score (nSPS) is 17.5. The van der Waals surface area contributed by atoms with E-state index in [-0.39, 0.29) is 11.3 Å². The smallest absolute Gasteiger partial charge is 0.300 e. The number of nitrogens with zero attached hydrogens (tertiary/aromatic N) is 1. The molecule has 3 aromatic carbocycles. The molecule has 7 heteroatoms. The minimum Gasteiger partial charge on any atom is -0.507 e. The highest BCUT2D eigenvalue weighted by Gasteiger charge is 2.48. The van der Waals surface area contributed by atoms with Crippen molar-refractivity contribution >= 4 is 45.6 Å². The topological polar surface area (TPSA) is 82.6 Å². The number of aliphatic hydroxyl groups is 1. The number of nitrogens with one attached hydrogen (secondary N) is 1. The number of carbonyl (C=O) groups is 2. The molecule has 2 N–H and O–H groups in total. The van der Waals surface area contributed by atoms with Gasteiger partial charge in [0.25, 0.3) is 11.7 Å². The Bertz CT molecular complexity index is 1470. The fraction of sp³-hybridized carbons (Fsp3) is 0.111. The van der Waals surface area contributed by atoms with Crippen LogP contribution in [0.1, 0.15) is 22.9 Å². The van der Waals surface area contributed by atoms with E-state index in [1.807, 2.05) is 31.2 Å². The van der Waals surface area contributed by atoms with Crippen molar-refractivity contribution in [2.45, 2.75) is 13.0 Å². The zero-order valence-corrected chi connectivity index (χ0v) is 19.3. The number of methoxy groups -OCH3 is 1. The van der Waals surface area contributed by atoms with E-state index in [4.69, 9.17) is 16.3 Å². The van der Waals surface area contributed by atoms with Gasteiger partial charge in [0.2, 0.25) is 0 Å². The number of aromatic amines is 1.